The first-order valence-corrected chi connectivity index (χ1v) is 12.6. The van der Waals surface area contributed by atoms with Crippen molar-refractivity contribution in [2.75, 3.05) is 15.8 Å². The van der Waals surface area contributed by atoms with Crippen LogP contribution in [0.1, 0.15) is 18.2 Å². The minimum atomic E-state index is -3.89. The van der Waals surface area contributed by atoms with E-state index < -0.39 is 10.0 Å². The van der Waals surface area contributed by atoms with E-state index in [1.165, 1.54) is 53.0 Å². The minimum absolute atomic E-state index is 0.00141. The number of sulfonamides is 1. The number of aromatic nitrogens is 6. The molecule has 0 aliphatic carbocycles. The van der Waals surface area contributed by atoms with Gasteiger partial charge in [0.2, 0.25) is 11.9 Å². The van der Waals surface area contributed by atoms with Crippen molar-refractivity contribution in [1.29, 1.82) is 0 Å². The number of nitrogens with one attached hydrogen (secondary N) is 3. The Bertz CT molecular complexity index is 1560. The average Bonchev–Trinajstić information content (AvgIpc) is 3.41. The van der Waals surface area contributed by atoms with Gasteiger partial charge >= 0.3 is 0 Å². The van der Waals surface area contributed by atoms with Gasteiger partial charge in [0.15, 0.2) is 10.8 Å². The van der Waals surface area contributed by atoms with Crippen LogP contribution in [0.4, 0.5) is 11.6 Å². The van der Waals surface area contributed by atoms with Crippen molar-refractivity contribution >= 4 is 50.4 Å². The molecule has 1 unspecified atom stereocenters. The second-order valence-corrected chi connectivity index (χ2v) is 10.2. The highest BCUT2D eigenvalue weighted by Crippen LogP contribution is 2.33. The smallest absolute Gasteiger partial charge is 0.265 e. The molecule has 3 aromatic heterocycles. The van der Waals surface area contributed by atoms with Crippen molar-refractivity contribution in [2.45, 2.75) is 29.4 Å². The number of hydrogen-bond acceptors (Lipinski definition) is 9. The molecular weight excluding hydrogens is 480 g/mol. The number of H-pyrrole nitrogens is 1. The van der Waals surface area contributed by atoms with Gasteiger partial charge in [-0.25, -0.2) is 28.1 Å². The molecule has 0 saturated carbocycles. The molecule has 0 fully saturated rings. The van der Waals surface area contributed by atoms with Gasteiger partial charge in [-0.2, -0.15) is 5.10 Å². The van der Waals surface area contributed by atoms with Gasteiger partial charge < -0.3 is 5.32 Å². The number of aromatic amines is 1. The van der Waals surface area contributed by atoms with Crippen LogP contribution in [0, 0.1) is 6.92 Å². The summed E-state index contributed by atoms with van der Waals surface area (Å²) in [5, 5.41) is 10.2. The molecule has 0 spiro atoms. The van der Waals surface area contributed by atoms with Crippen molar-refractivity contribution in [1.82, 2.24) is 29.7 Å². The van der Waals surface area contributed by atoms with E-state index in [0.29, 0.717) is 33.3 Å². The zero-order valence-corrected chi connectivity index (χ0v) is 19.4. The number of rotatable bonds is 6. The van der Waals surface area contributed by atoms with Crippen LogP contribution in [-0.4, -0.2) is 49.8 Å². The lowest BCUT2D eigenvalue weighted by atomic mass is 10.2. The van der Waals surface area contributed by atoms with Crippen LogP contribution >= 0.6 is 11.8 Å². The lowest BCUT2D eigenvalue weighted by molar-refractivity contribution is -0.116. The lowest BCUT2D eigenvalue weighted by Crippen LogP contribution is -2.27. The fourth-order valence-electron chi connectivity index (χ4n) is 3.53. The van der Waals surface area contributed by atoms with Gasteiger partial charge in [0.05, 0.1) is 17.1 Å². The molecule has 4 heterocycles. The Kier molecular flexibility index (Phi) is 5.53. The van der Waals surface area contributed by atoms with Crippen LogP contribution in [0.3, 0.4) is 0 Å². The highest BCUT2D eigenvalue weighted by atomic mass is 32.2. The number of thioether (sulfide) groups is 1. The molecule has 1 aliphatic rings. The summed E-state index contributed by atoms with van der Waals surface area (Å²) in [6, 6.07) is 7.03. The van der Waals surface area contributed by atoms with E-state index in [-0.39, 0.29) is 34.8 Å². The van der Waals surface area contributed by atoms with Crippen LogP contribution in [-0.2, 0) is 14.8 Å². The summed E-state index contributed by atoms with van der Waals surface area (Å²) >= 11 is 1.40. The highest BCUT2D eigenvalue weighted by Gasteiger charge is 2.29. The van der Waals surface area contributed by atoms with E-state index in [9.17, 15) is 18.0 Å². The number of carbonyl (C=O) groups excluding carboxylic acids is 1. The van der Waals surface area contributed by atoms with E-state index in [2.05, 4.69) is 35.2 Å². The van der Waals surface area contributed by atoms with Crippen molar-refractivity contribution in [3.05, 3.63) is 58.8 Å². The molecule has 0 radical (unpaired) electrons. The SMILES string of the molecule is Cc1ccnc(NS(=O)(=O)c2ccc(NC(=O)CC3CSc4nc5[nH]ncc5c(=O)n43)cc2)n1. The van der Waals surface area contributed by atoms with Gasteiger partial charge in [0, 0.05) is 29.8 Å². The summed E-state index contributed by atoms with van der Waals surface area (Å²) in [7, 11) is -3.89. The molecule has 14 heteroatoms. The molecule has 0 bridgehead atoms. The van der Waals surface area contributed by atoms with Crippen LogP contribution in [0.15, 0.2) is 57.6 Å². The van der Waals surface area contributed by atoms with Crippen LogP contribution < -0.4 is 15.6 Å². The summed E-state index contributed by atoms with van der Waals surface area (Å²) in [5.74, 6) is 0.212. The number of benzene rings is 1. The Labute approximate surface area is 197 Å². The maximum absolute atomic E-state index is 12.8. The van der Waals surface area contributed by atoms with Gasteiger partial charge in [-0.05, 0) is 37.3 Å². The summed E-state index contributed by atoms with van der Waals surface area (Å²) in [5.41, 5.74) is 1.24. The fraction of sp³-hybridized carbons (Fsp3) is 0.200. The number of nitrogens with zero attached hydrogens (tertiary/aromatic N) is 5. The minimum Gasteiger partial charge on any atom is -0.326 e. The van der Waals surface area contributed by atoms with Gasteiger partial charge in [-0.3, -0.25) is 19.3 Å². The van der Waals surface area contributed by atoms with Crippen molar-refractivity contribution in [2.24, 2.45) is 0 Å². The predicted octanol–water partition coefficient (Wildman–Crippen LogP) is 1.69. The number of hydrogen-bond donors (Lipinski definition) is 3. The summed E-state index contributed by atoms with van der Waals surface area (Å²) in [4.78, 5) is 37.7. The first-order valence-electron chi connectivity index (χ1n) is 10.1. The maximum Gasteiger partial charge on any atom is 0.265 e. The number of anilines is 2. The summed E-state index contributed by atoms with van der Waals surface area (Å²) in [6.07, 6.45) is 2.95. The summed E-state index contributed by atoms with van der Waals surface area (Å²) < 4.78 is 29.0. The second-order valence-electron chi connectivity index (χ2n) is 7.57. The Balaban J connectivity index is 1.26. The second kappa shape index (κ2) is 8.53. The highest BCUT2D eigenvalue weighted by molar-refractivity contribution is 7.99. The van der Waals surface area contributed by atoms with E-state index in [1.54, 1.807) is 13.0 Å². The van der Waals surface area contributed by atoms with E-state index >= 15 is 0 Å². The third kappa shape index (κ3) is 4.24. The Morgan fingerprint density at radius 1 is 1.24 bits per heavy atom. The normalized spacial score (nSPS) is 15.3. The van der Waals surface area contributed by atoms with Gasteiger partial charge in [-0.1, -0.05) is 11.8 Å². The largest absolute Gasteiger partial charge is 0.326 e. The first kappa shape index (κ1) is 22.0. The molecule has 4 aromatic rings. The fourth-order valence-corrected chi connectivity index (χ4v) is 5.61. The number of amides is 1. The predicted molar refractivity (Wildman–Crippen MR) is 125 cm³/mol. The summed E-state index contributed by atoms with van der Waals surface area (Å²) in [6.45, 7) is 1.73. The Morgan fingerprint density at radius 3 is 2.79 bits per heavy atom. The molecule has 1 aliphatic heterocycles. The number of aryl methyl sites for hydroxylation is 1. The maximum atomic E-state index is 12.8. The van der Waals surface area contributed by atoms with E-state index in [0.717, 1.165) is 0 Å². The third-order valence-corrected chi connectivity index (χ3v) is 7.58. The molecule has 12 nitrogen and oxygen atoms in total. The Hall–Kier alpha value is -3.78. The van der Waals surface area contributed by atoms with Crippen molar-refractivity contribution in [3.63, 3.8) is 0 Å². The van der Waals surface area contributed by atoms with E-state index in [4.69, 9.17) is 0 Å². The molecule has 3 N–H and O–H groups in total. The number of carbonyl (C=O) groups is 1. The average molecular weight is 499 g/mol. The quantitative estimate of drug-likeness (QED) is 0.335. The van der Waals surface area contributed by atoms with Crippen molar-refractivity contribution < 1.29 is 13.2 Å². The van der Waals surface area contributed by atoms with Crippen LogP contribution in [0.2, 0.25) is 0 Å². The third-order valence-electron chi connectivity index (χ3n) is 5.14. The van der Waals surface area contributed by atoms with Gasteiger partial charge in [0.25, 0.3) is 15.6 Å². The first-order chi connectivity index (χ1) is 16.3. The number of fused-ring (bicyclic) bond motifs is 2. The van der Waals surface area contributed by atoms with Crippen molar-refractivity contribution in [3.8, 4) is 0 Å². The topological polar surface area (TPSA) is 165 Å². The van der Waals surface area contributed by atoms with Crippen LogP contribution in [0.5, 0.6) is 0 Å². The zero-order valence-electron chi connectivity index (χ0n) is 17.7. The monoisotopic (exact) mass is 498 g/mol. The van der Waals surface area contributed by atoms with Gasteiger partial charge in [0.1, 0.15) is 5.39 Å². The molecule has 34 heavy (non-hydrogen) atoms. The molecule has 1 atom stereocenters. The van der Waals surface area contributed by atoms with E-state index in [1.807, 2.05) is 0 Å². The Morgan fingerprint density at radius 2 is 2.03 bits per heavy atom. The van der Waals surface area contributed by atoms with Crippen LogP contribution in [0.25, 0.3) is 11.0 Å². The van der Waals surface area contributed by atoms with Gasteiger partial charge in [-0.15, -0.1) is 0 Å². The zero-order chi connectivity index (χ0) is 23.9. The molecule has 1 aromatic carbocycles. The molecule has 174 valence electrons. The lowest BCUT2D eigenvalue weighted by Gasteiger charge is -2.13. The molecule has 0 saturated heterocycles. The molecular formula is C20H18N8O4S2. The molecule has 1 amide bonds. The standard InChI is InChI=1S/C20H18N8O4S2/c1-11-6-7-21-19(23-11)27-34(31,32)14-4-2-12(3-5-14)24-16(29)8-13-10-33-20-25-17-15(9-22-26-17)18(30)28(13)20/h2-7,9,13H,8,10H2,1H3,(H,22,26)(H,24,29)(H,21,23,27). The molecule has 5 rings (SSSR count).